The van der Waals surface area contributed by atoms with E-state index in [1.54, 1.807) is 0 Å². The highest BCUT2D eigenvalue weighted by Gasteiger charge is 2.59. The first-order chi connectivity index (χ1) is 14.9. The fourth-order valence-electron chi connectivity index (χ4n) is 6.30. The predicted octanol–water partition coefficient (Wildman–Crippen LogP) is 5.14. The monoisotopic (exact) mass is 426 g/mol. The highest BCUT2D eigenvalue weighted by atomic mass is 16.5. The SMILES string of the molecule is CCCC(=O)Oc1ccc2c(c1)CC[C@@H]1[C@@H]2CC[C@]2(C)C(=O)[C@H](OC(=O)CCC)C[C@@H]12. The first-order valence-electron chi connectivity index (χ1n) is 11.9. The molecule has 0 radical (unpaired) electrons. The van der Waals surface area contributed by atoms with Gasteiger partial charge in [-0.15, -0.1) is 0 Å². The number of fused-ring (bicyclic) bond motifs is 5. The molecule has 4 rings (SSSR count). The quantitative estimate of drug-likeness (QED) is 0.465. The number of rotatable bonds is 6. The molecular weight excluding hydrogens is 392 g/mol. The minimum Gasteiger partial charge on any atom is -0.454 e. The van der Waals surface area contributed by atoms with Crippen LogP contribution in [-0.4, -0.2) is 23.8 Å². The minimum absolute atomic E-state index is 0.129. The number of hydrogen-bond donors (Lipinski definition) is 0. The predicted molar refractivity (Wildman–Crippen MR) is 117 cm³/mol. The van der Waals surface area contributed by atoms with Gasteiger partial charge in [0.05, 0.1) is 0 Å². The zero-order valence-electron chi connectivity index (χ0n) is 18.9. The fraction of sp³-hybridized carbons (Fsp3) is 0.654. The zero-order valence-corrected chi connectivity index (χ0v) is 18.9. The number of benzene rings is 1. The van der Waals surface area contributed by atoms with Crippen LogP contribution in [-0.2, 0) is 25.5 Å². The van der Waals surface area contributed by atoms with E-state index < -0.39 is 6.10 Å². The van der Waals surface area contributed by atoms with Gasteiger partial charge in [0.1, 0.15) is 5.75 Å². The molecular formula is C26H34O5. The van der Waals surface area contributed by atoms with E-state index in [2.05, 4.69) is 13.0 Å². The molecule has 2 saturated carbocycles. The molecule has 0 spiro atoms. The van der Waals surface area contributed by atoms with Gasteiger partial charge in [0.2, 0.25) is 0 Å². The molecule has 3 aliphatic carbocycles. The molecule has 0 aromatic heterocycles. The standard InChI is InChI=1S/C26H34O5/c1-4-6-23(27)30-17-9-11-18-16(14-17)8-10-20-19(18)12-13-26(3)21(20)15-22(25(26)29)31-24(28)7-5-2/h9,11,14,19-22H,4-8,10,12-13,15H2,1-3H3/t19-,20-,21+,22-,26+/m1/s1. The van der Waals surface area contributed by atoms with Crippen molar-refractivity contribution in [2.24, 2.45) is 17.3 Å². The Bertz CT molecular complexity index is 875. The molecule has 31 heavy (non-hydrogen) atoms. The highest BCUT2D eigenvalue weighted by Crippen LogP contribution is 2.60. The summed E-state index contributed by atoms with van der Waals surface area (Å²) < 4.78 is 11.1. The molecule has 0 unspecified atom stereocenters. The van der Waals surface area contributed by atoms with Gasteiger partial charge in [-0.05, 0) is 86.0 Å². The van der Waals surface area contributed by atoms with Gasteiger partial charge in [-0.3, -0.25) is 14.4 Å². The van der Waals surface area contributed by atoms with Crippen molar-refractivity contribution in [2.75, 3.05) is 0 Å². The molecule has 3 aliphatic rings. The third-order valence-corrected chi connectivity index (χ3v) is 7.82. The Morgan fingerprint density at radius 3 is 2.58 bits per heavy atom. The number of esters is 2. The minimum atomic E-state index is -0.574. The molecule has 2 fully saturated rings. The molecule has 0 saturated heterocycles. The van der Waals surface area contributed by atoms with Crippen molar-refractivity contribution in [2.45, 2.75) is 90.6 Å². The summed E-state index contributed by atoms with van der Waals surface area (Å²) in [5.74, 6) is 1.43. The van der Waals surface area contributed by atoms with Gasteiger partial charge in [-0.2, -0.15) is 0 Å². The summed E-state index contributed by atoms with van der Waals surface area (Å²) in [7, 11) is 0. The van der Waals surface area contributed by atoms with E-state index in [-0.39, 0.29) is 29.1 Å². The van der Waals surface area contributed by atoms with E-state index in [1.165, 1.54) is 11.1 Å². The van der Waals surface area contributed by atoms with Crippen LogP contribution in [0.4, 0.5) is 0 Å². The number of Topliss-reactive ketones (excluding diaryl/α,β-unsaturated/α-hetero) is 1. The second-order valence-corrected chi connectivity index (χ2v) is 9.78. The van der Waals surface area contributed by atoms with Crippen LogP contribution in [0.2, 0.25) is 0 Å². The first kappa shape index (κ1) is 22.0. The van der Waals surface area contributed by atoms with Crippen LogP contribution in [0.15, 0.2) is 18.2 Å². The molecule has 0 N–H and O–H groups in total. The molecule has 0 bridgehead atoms. The van der Waals surface area contributed by atoms with Crippen LogP contribution in [0.1, 0.15) is 89.2 Å². The molecule has 5 atom stereocenters. The van der Waals surface area contributed by atoms with Gasteiger partial charge >= 0.3 is 11.9 Å². The van der Waals surface area contributed by atoms with Crippen LogP contribution in [0, 0.1) is 17.3 Å². The maximum atomic E-state index is 13.2. The average molecular weight is 427 g/mol. The molecule has 5 nitrogen and oxygen atoms in total. The van der Waals surface area contributed by atoms with E-state index in [0.717, 1.165) is 38.5 Å². The van der Waals surface area contributed by atoms with Crippen LogP contribution in [0.3, 0.4) is 0 Å². The van der Waals surface area contributed by atoms with E-state index >= 15 is 0 Å². The lowest BCUT2D eigenvalue weighted by Crippen LogP contribution is -2.43. The Kier molecular flexibility index (Phi) is 6.23. The van der Waals surface area contributed by atoms with E-state index in [1.807, 2.05) is 26.0 Å². The van der Waals surface area contributed by atoms with Gasteiger partial charge in [0, 0.05) is 18.3 Å². The molecule has 1 aromatic rings. The zero-order chi connectivity index (χ0) is 22.2. The van der Waals surface area contributed by atoms with Crippen LogP contribution in [0.5, 0.6) is 5.75 Å². The van der Waals surface area contributed by atoms with Crippen molar-refractivity contribution in [3.05, 3.63) is 29.3 Å². The summed E-state index contributed by atoms with van der Waals surface area (Å²) in [4.78, 5) is 37.1. The van der Waals surface area contributed by atoms with Crippen molar-refractivity contribution in [1.82, 2.24) is 0 Å². The molecule has 1 aromatic carbocycles. The number of ketones is 1. The van der Waals surface area contributed by atoms with Crippen molar-refractivity contribution in [1.29, 1.82) is 0 Å². The lowest BCUT2D eigenvalue weighted by atomic mass is 9.55. The second kappa shape index (κ2) is 8.76. The van der Waals surface area contributed by atoms with Crippen LogP contribution < -0.4 is 4.74 Å². The van der Waals surface area contributed by atoms with E-state index in [0.29, 0.717) is 36.8 Å². The lowest BCUT2D eigenvalue weighted by Gasteiger charge is -2.48. The number of carbonyl (C=O) groups excluding carboxylic acids is 3. The fourth-order valence-corrected chi connectivity index (χ4v) is 6.30. The maximum Gasteiger partial charge on any atom is 0.311 e. The van der Waals surface area contributed by atoms with Gasteiger partial charge in [-0.25, -0.2) is 0 Å². The summed E-state index contributed by atoms with van der Waals surface area (Å²) in [5.41, 5.74) is 2.22. The molecule has 0 heterocycles. The Balaban J connectivity index is 1.52. The molecule has 0 amide bonds. The largest absolute Gasteiger partial charge is 0.454 e. The Morgan fingerprint density at radius 2 is 1.84 bits per heavy atom. The lowest BCUT2D eigenvalue weighted by molar-refractivity contribution is -0.155. The van der Waals surface area contributed by atoms with Gasteiger partial charge in [0.25, 0.3) is 0 Å². The van der Waals surface area contributed by atoms with Gasteiger partial charge < -0.3 is 9.47 Å². The maximum absolute atomic E-state index is 13.2. The van der Waals surface area contributed by atoms with Gasteiger partial charge in [0.15, 0.2) is 11.9 Å². The molecule has 168 valence electrons. The third-order valence-electron chi connectivity index (χ3n) is 7.82. The second-order valence-electron chi connectivity index (χ2n) is 9.78. The van der Waals surface area contributed by atoms with Crippen molar-refractivity contribution in [3.63, 3.8) is 0 Å². The van der Waals surface area contributed by atoms with Crippen LogP contribution in [0.25, 0.3) is 0 Å². The van der Waals surface area contributed by atoms with E-state index in [9.17, 15) is 14.4 Å². The number of hydrogen-bond acceptors (Lipinski definition) is 5. The smallest absolute Gasteiger partial charge is 0.311 e. The number of aryl methyl sites for hydroxylation is 1. The van der Waals surface area contributed by atoms with Crippen LogP contribution >= 0.6 is 0 Å². The summed E-state index contributed by atoms with van der Waals surface area (Å²) in [6.07, 6.45) is 6.16. The Labute approximate surface area is 184 Å². The molecule has 5 heteroatoms. The summed E-state index contributed by atoms with van der Waals surface area (Å²) in [5, 5.41) is 0. The van der Waals surface area contributed by atoms with Crippen molar-refractivity contribution in [3.8, 4) is 5.75 Å². The third kappa shape index (κ3) is 4.04. The Hall–Kier alpha value is -2.17. The molecule has 0 aliphatic heterocycles. The van der Waals surface area contributed by atoms with Gasteiger partial charge in [-0.1, -0.05) is 26.8 Å². The van der Waals surface area contributed by atoms with Crippen molar-refractivity contribution < 1.29 is 23.9 Å². The summed E-state index contributed by atoms with van der Waals surface area (Å²) in [6, 6.07) is 6.07. The topological polar surface area (TPSA) is 69.7 Å². The highest BCUT2D eigenvalue weighted by molar-refractivity contribution is 5.93. The number of carbonyl (C=O) groups is 3. The van der Waals surface area contributed by atoms with Crippen molar-refractivity contribution >= 4 is 17.7 Å². The number of ether oxygens (including phenoxy) is 2. The van der Waals surface area contributed by atoms with E-state index in [4.69, 9.17) is 9.47 Å². The normalized spacial score (nSPS) is 31.4. The average Bonchev–Trinajstić information content (AvgIpc) is 2.98. The Morgan fingerprint density at radius 1 is 1.10 bits per heavy atom. The first-order valence-corrected chi connectivity index (χ1v) is 11.9. The summed E-state index contributed by atoms with van der Waals surface area (Å²) >= 11 is 0. The summed E-state index contributed by atoms with van der Waals surface area (Å²) in [6.45, 7) is 6.00.